The van der Waals surface area contributed by atoms with E-state index in [4.69, 9.17) is 37.6 Å². The van der Waals surface area contributed by atoms with Crippen molar-refractivity contribution in [2.75, 3.05) is 0 Å². The maximum atomic E-state index is 10.9. The molecule has 0 aliphatic carbocycles. The standard InChI is InChI=1S/C12H9Cl2NO4/c1-6-7(11(12(16)17)15-19-6)5-18-9-4-2-3-8(13)10(9)14/h2-4H,5H2,1H3,(H,16,17). The number of hydrogen-bond acceptors (Lipinski definition) is 4. The summed E-state index contributed by atoms with van der Waals surface area (Å²) in [5, 5.41) is 13.0. The van der Waals surface area contributed by atoms with E-state index in [1.54, 1.807) is 25.1 Å². The van der Waals surface area contributed by atoms with Gasteiger partial charge >= 0.3 is 5.97 Å². The highest BCUT2D eigenvalue weighted by Gasteiger charge is 2.19. The zero-order chi connectivity index (χ0) is 14.0. The highest BCUT2D eigenvalue weighted by molar-refractivity contribution is 6.42. The van der Waals surface area contributed by atoms with Gasteiger partial charge in [0.05, 0.1) is 10.6 Å². The normalized spacial score (nSPS) is 10.5. The second kappa shape index (κ2) is 5.50. The zero-order valence-corrected chi connectivity index (χ0v) is 11.3. The summed E-state index contributed by atoms with van der Waals surface area (Å²) in [6.45, 7) is 1.59. The number of benzene rings is 1. The van der Waals surface area contributed by atoms with Crippen LogP contribution in [-0.2, 0) is 6.61 Å². The molecule has 1 aromatic carbocycles. The van der Waals surface area contributed by atoms with Gasteiger partial charge in [-0.05, 0) is 19.1 Å². The van der Waals surface area contributed by atoms with E-state index in [0.717, 1.165) is 0 Å². The van der Waals surface area contributed by atoms with Crippen molar-refractivity contribution in [1.29, 1.82) is 0 Å². The predicted molar refractivity (Wildman–Crippen MR) is 69.0 cm³/mol. The Labute approximate surface area is 118 Å². The summed E-state index contributed by atoms with van der Waals surface area (Å²) in [4.78, 5) is 10.9. The second-order valence-corrected chi connectivity index (χ2v) is 4.50. The molecule has 5 nitrogen and oxygen atoms in total. The van der Waals surface area contributed by atoms with Gasteiger partial charge in [-0.25, -0.2) is 4.79 Å². The molecular weight excluding hydrogens is 293 g/mol. The first kappa shape index (κ1) is 13.7. The van der Waals surface area contributed by atoms with E-state index in [1.807, 2.05) is 0 Å². The monoisotopic (exact) mass is 301 g/mol. The fourth-order valence-electron chi connectivity index (χ4n) is 1.47. The van der Waals surface area contributed by atoms with Crippen molar-refractivity contribution in [3.63, 3.8) is 0 Å². The molecule has 0 spiro atoms. The highest BCUT2D eigenvalue weighted by Crippen LogP contribution is 2.32. The Kier molecular flexibility index (Phi) is 3.97. The number of carboxylic acid groups (broad SMARTS) is 1. The van der Waals surface area contributed by atoms with Gasteiger partial charge in [0.15, 0.2) is 5.69 Å². The van der Waals surface area contributed by atoms with E-state index in [0.29, 0.717) is 22.1 Å². The molecule has 0 radical (unpaired) electrons. The number of nitrogens with zero attached hydrogens (tertiary/aromatic N) is 1. The van der Waals surface area contributed by atoms with Crippen molar-refractivity contribution in [2.24, 2.45) is 0 Å². The van der Waals surface area contributed by atoms with Crippen LogP contribution in [0, 0.1) is 6.92 Å². The lowest BCUT2D eigenvalue weighted by atomic mass is 10.2. The number of ether oxygens (including phenoxy) is 1. The number of hydrogen-bond donors (Lipinski definition) is 1. The first-order valence-corrected chi connectivity index (χ1v) is 6.01. The quantitative estimate of drug-likeness (QED) is 0.934. The summed E-state index contributed by atoms with van der Waals surface area (Å²) < 4.78 is 10.3. The molecule has 0 saturated carbocycles. The van der Waals surface area contributed by atoms with Crippen LogP contribution >= 0.6 is 23.2 Å². The average molecular weight is 302 g/mol. The van der Waals surface area contributed by atoms with Gasteiger partial charge in [0.1, 0.15) is 23.1 Å². The van der Waals surface area contributed by atoms with Gasteiger partial charge in [-0.2, -0.15) is 0 Å². The van der Waals surface area contributed by atoms with Gasteiger partial charge in [0.2, 0.25) is 0 Å². The highest BCUT2D eigenvalue weighted by atomic mass is 35.5. The van der Waals surface area contributed by atoms with E-state index in [1.165, 1.54) is 0 Å². The van der Waals surface area contributed by atoms with Crippen LogP contribution in [0.2, 0.25) is 10.0 Å². The number of aryl methyl sites for hydroxylation is 1. The molecule has 1 aromatic heterocycles. The largest absolute Gasteiger partial charge is 0.487 e. The van der Waals surface area contributed by atoms with Gasteiger partial charge in [-0.3, -0.25) is 0 Å². The van der Waals surface area contributed by atoms with Crippen molar-refractivity contribution < 1.29 is 19.2 Å². The lowest BCUT2D eigenvalue weighted by molar-refractivity contribution is 0.0683. The third kappa shape index (κ3) is 2.83. The van der Waals surface area contributed by atoms with Crippen LogP contribution in [0.5, 0.6) is 5.75 Å². The first-order valence-electron chi connectivity index (χ1n) is 5.26. The number of aromatic nitrogens is 1. The molecule has 0 aliphatic rings. The number of aromatic carboxylic acids is 1. The maximum Gasteiger partial charge on any atom is 0.358 e. The summed E-state index contributed by atoms with van der Waals surface area (Å²) in [5.41, 5.74) is 0.194. The SMILES string of the molecule is Cc1onc(C(=O)O)c1COc1cccc(Cl)c1Cl. The van der Waals surface area contributed by atoms with E-state index in [-0.39, 0.29) is 17.3 Å². The fraction of sp³-hybridized carbons (Fsp3) is 0.167. The molecule has 19 heavy (non-hydrogen) atoms. The van der Waals surface area contributed by atoms with Crippen LogP contribution in [0.1, 0.15) is 21.8 Å². The fourth-order valence-corrected chi connectivity index (χ4v) is 1.82. The Morgan fingerprint density at radius 3 is 2.89 bits per heavy atom. The van der Waals surface area contributed by atoms with Crippen LogP contribution in [0.3, 0.4) is 0 Å². The van der Waals surface area contributed by atoms with Crippen molar-refractivity contribution >= 4 is 29.2 Å². The van der Waals surface area contributed by atoms with E-state index < -0.39 is 5.97 Å². The molecule has 0 atom stereocenters. The Hall–Kier alpha value is -1.72. The topological polar surface area (TPSA) is 72.6 Å². The van der Waals surface area contributed by atoms with Crippen LogP contribution in [-0.4, -0.2) is 16.2 Å². The summed E-state index contributed by atoms with van der Waals surface area (Å²) in [5.74, 6) is -0.422. The Morgan fingerprint density at radius 1 is 1.47 bits per heavy atom. The molecule has 1 heterocycles. The molecule has 0 fully saturated rings. The maximum absolute atomic E-state index is 10.9. The predicted octanol–water partition coefficient (Wildman–Crippen LogP) is 3.57. The van der Waals surface area contributed by atoms with E-state index in [9.17, 15) is 4.79 Å². The van der Waals surface area contributed by atoms with Crippen LogP contribution < -0.4 is 4.74 Å². The van der Waals surface area contributed by atoms with Crippen LogP contribution in [0.4, 0.5) is 0 Å². The summed E-state index contributed by atoms with van der Waals surface area (Å²) in [6.07, 6.45) is 0. The van der Waals surface area contributed by atoms with Crippen LogP contribution in [0.25, 0.3) is 0 Å². The number of carbonyl (C=O) groups is 1. The molecular formula is C12H9Cl2NO4. The molecule has 0 saturated heterocycles. The average Bonchev–Trinajstić information content (AvgIpc) is 2.73. The molecule has 1 N–H and O–H groups in total. The third-order valence-electron chi connectivity index (χ3n) is 2.48. The summed E-state index contributed by atoms with van der Waals surface area (Å²) >= 11 is 11.8. The van der Waals surface area contributed by atoms with Crippen molar-refractivity contribution in [3.05, 3.63) is 45.3 Å². The first-order chi connectivity index (χ1) is 9.00. The zero-order valence-electron chi connectivity index (χ0n) is 9.81. The molecule has 0 bridgehead atoms. The summed E-state index contributed by atoms with van der Waals surface area (Å²) in [6, 6.07) is 4.95. The molecule has 0 aliphatic heterocycles. The Bertz CT molecular complexity index is 624. The molecule has 0 unspecified atom stereocenters. The summed E-state index contributed by atoms with van der Waals surface area (Å²) in [7, 11) is 0. The molecule has 100 valence electrons. The Balaban J connectivity index is 2.21. The van der Waals surface area contributed by atoms with E-state index >= 15 is 0 Å². The van der Waals surface area contributed by atoms with Crippen molar-refractivity contribution in [3.8, 4) is 5.75 Å². The molecule has 7 heteroatoms. The number of halogens is 2. The molecule has 0 amide bonds. The second-order valence-electron chi connectivity index (χ2n) is 3.71. The van der Waals surface area contributed by atoms with E-state index in [2.05, 4.69) is 5.16 Å². The lowest BCUT2D eigenvalue weighted by Gasteiger charge is -2.08. The van der Waals surface area contributed by atoms with Gasteiger partial charge in [0, 0.05) is 0 Å². The number of rotatable bonds is 4. The van der Waals surface area contributed by atoms with Gasteiger partial charge in [-0.1, -0.05) is 34.4 Å². The van der Waals surface area contributed by atoms with Crippen molar-refractivity contribution in [1.82, 2.24) is 5.16 Å². The van der Waals surface area contributed by atoms with Gasteiger partial charge in [-0.15, -0.1) is 0 Å². The van der Waals surface area contributed by atoms with Crippen LogP contribution in [0.15, 0.2) is 22.7 Å². The molecule has 2 aromatic rings. The minimum absolute atomic E-state index is 0.0168. The minimum Gasteiger partial charge on any atom is -0.487 e. The minimum atomic E-state index is -1.17. The van der Waals surface area contributed by atoms with Gasteiger partial charge in [0.25, 0.3) is 0 Å². The Morgan fingerprint density at radius 2 is 2.21 bits per heavy atom. The lowest BCUT2D eigenvalue weighted by Crippen LogP contribution is -2.05. The third-order valence-corrected chi connectivity index (χ3v) is 3.28. The van der Waals surface area contributed by atoms with Crippen molar-refractivity contribution in [2.45, 2.75) is 13.5 Å². The number of carboxylic acids is 1. The molecule has 2 rings (SSSR count). The van der Waals surface area contributed by atoms with Gasteiger partial charge < -0.3 is 14.4 Å². The smallest absolute Gasteiger partial charge is 0.358 e.